The molecular weight excluding hydrogens is 278 g/mol. The molecule has 116 valence electrons. The third-order valence-corrected chi connectivity index (χ3v) is 3.79. The van der Waals surface area contributed by atoms with E-state index in [1.807, 2.05) is 0 Å². The van der Waals surface area contributed by atoms with Gasteiger partial charge in [0, 0.05) is 32.7 Å². The lowest BCUT2D eigenvalue weighted by molar-refractivity contribution is -0.122. The first-order chi connectivity index (χ1) is 10.0. The molecule has 0 spiro atoms. The monoisotopic (exact) mass is 298 g/mol. The molecule has 0 bridgehead atoms. The van der Waals surface area contributed by atoms with Crippen molar-refractivity contribution in [3.63, 3.8) is 0 Å². The van der Waals surface area contributed by atoms with Gasteiger partial charge in [-0.3, -0.25) is 4.79 Å². The van der Waals surface area contributed by atoms with Crippen molar-refractivity contribution < 1.29 is 18.3 Å². The molecular formula is C15H20F2N2O2. The van der Waals surface area contributed by atoms with E-state index in [-0.39, 0.29) is 30.4 Å². The van der Waals surface area contributed by atoms with Gasteiger partial charge in [-0.25, -0.2) is 8.78 Å². The van der Waals surface area contributed by atoms with E-state index in [1.54, 1.807) is 14.0 Å². The van der Waals surface area contributed by atoms with Gasteiger partial charge in [0.25, 0.3) is 0 Å². The molecule has 0 radical (unpaired) electrons. The number of carbonyl (C=O) groups excluding carboxylic acids is 1. The average Bonchev–Trinajstić information content (AvgIpc) is 2.85. The van der Waals surface area contributed by atoms with Crippen molar-refractivity contribution in [1.29, 1.82) is 0 Å². The zero-order chi connectivity index (χ0) is 15.4. The van der Waals surface area contributed by atoms with Gasteiger partial charge in [-0.05, 0) is 17.5 Å². The van der Waals surface area contributed by atoms with Gasteiger partial charge in [0.1, 0.15) is 11.6 Å². The van der Waals surface area contributed by atoms with Crippen molar-refractivity contribution in [3.05, 3.63) is 35.4 Å². The second-order valence-corrected chi connectivity index (χ2v) is 5.38. The first kappa shape index (κ1) is 15.9. The van der Waals surface area contributed by atoms with Crippen LogP contribution in [0.2, 0.25) is 0 Å². The number of benzene rings is 1. The van der Waals surface area contributed by atoms with Crippen LogP contribution in [0.4, 0.5) is 8.78 Å². The Hall–Kier alpha value is -1.53. The number of amides is 1. The standard InChI is InChI=1S/C15H20F2N2O2/c1-9(11-4-3-10(16)6-12(11)17)5-15(20)19-13-7-18-8-14(13)21-2/h3-4,6,9,13-14,18H,5,7-8H2,1-2H3,(H,19,20)/t9-,13-,14-/m0/s1. The molecule has 3 atom stereocenters. The second-order valence-electron chi connectivity index (χ2n) is 5.38. The molecule has 0 saturated carbocycles. The molecule has 0 aliphatic carbocycles. The summed E-state index contributed by atoms with van der Waals surface area (Å²) in [6, 6.07) is 3.35. The van der Waals surface area contributed by atoms with Gasteiger partial charge in [-0.2, -0.15) is 0 Å². The maximum atomic E-state index is 13.7. The third kappa shape index (κ3) is 3.98. The van der Waals surface area contributed by atoms with Crippen LogP contribution in [-0.4, -0.2) is 38.3 Å². The van der Waals surface area contributed by atoms with Crippen LogP contribution in [0, 0.1) is 11.6 Å². The lowest BCUT2D eigenvalue weighted by Crippen LogP contribution is -2.43. The zero-order valence-corrected chi connectivity index (χ0v) is 12.2. The van der Waals surface area contributed by atoms with Crippen LogP contribution in [0.1, 0.15) is 24.8 Å². The van der Waals surface area contributed by atoms with E-state index < -0.39 is 11.6 Å². The Balaban J connectivity index is 1.92. The second kappa shape index (κ2) is 6.95. The van der Waals surface area contributed by atoms with E-state index in [4.69, 9.17) is 4.74 Å². The predicted molar refractivity (Wildman–Crippen MR) is 75.0 cm³/mol. The molecule has 1 aromatic rings. The quantitative estimate of drug-likeness (QED) is 0.867. The SMILES string of the molecule is CO[C@H]1CNC[C@@H]1NC(=O)C[C@H](C)c1ccc(F)cc1F. The zero-order valence-electron chi connectivity index (χ0n) is 12.2. The Labute approximate surface area is 122 Å². The summed E-state index contributed by atoms with van der Waals surface area (Å²) >= 11 is 0. The number of rotatable bonds is 5. The van der Waals surface area contributed by atoms with Gasteiger partial charge in [-0.15, -0.1) is 0 Å². The summed E-state index contributed by atoms with van der Waals surface area (Å²) in [5, 5.41) is 6.03. The van der Waals surface area contributed by atoms with E-state index in [1.165, 1.54) is 12.1 Å². The topological polar surface area (TPSA) is 50.4 Å². The highest BCUT2D eigenvalue weighted by Crippen LogP contribution is 2.22. The van der Waals surface area contributed by atoms with Gasteiger partial charge in [0.05, 0.1) is 12.1 Å². The molecule has 6 heteroatoms. The number of carbonyl (C=O) groups is 1. The maximum Gasteiger partial charge on any atom is 0.220 e. The highest BCUT2D eigenvalue weighted by molar-refractivity contribution is 5.77. The Kier molecular flexibility index (Phi) is 5.25. The van der Waals surface area contributed by atoms with Gasteiger partial charge in [-0.1, -0.05) is 13.0 Å². The lowest BCUT2D eigenvalue weighted by Gasteiger charge is -2.20. The number of hydrogen-bond donors (Lipinski definition) is 2. The summed E-state index contributed by atoms with van der Waals surface area (Å²) in [6.07, 6.45) is 0.0991. The smallest absolute Gasteiger partial charge is 0.220 e. The van der Waals surface area contributed by atoms with E-state index in [2.05, 4.69) is 10.6 Å². The maximum absolute atomic E-state index is 13.7. The number of ether oxygens (including phenoxy) is 1. The molecule has 1 aliphatic rings. The largest absolute Gasteiger partial charge is 0.378 e. The fraction of sp³-hybridized carbons (Fsp3) is 0.533. The minimum atomic E-state index is -0.618. The highest BCUT2D eigenvalue weighted by atomic mass is 19.1. The Bertz CT molecular complexity index is 510. The van der Waals surface area contributed by atoms with Crippen LogP contribution in [0.15, 0.2) is 18.2 Å². The van der Waals surface area contributed by atoms with Crippen LogP contribution in [-0.2, 0) is 9.53 Å². The molecule has 4 nitrogen and oxygen atoms in total. The molecule has 0 aromatic heterocycles. The lowest BCUT2D eigenvalue weighted by atomic mass is 9.96. The molecule has 1 aromatic carbocycles. The molecule has 2 N–H and O–H groups in total. The van der Waals surface area contributed by atoms with E-state index in [0.29, 0.717) is 18.7 Å². The van der Waals surface area contributed by atoms with Crippen LogP contribution < -0.4 is 10.6 Å². The Morgan fingerprint density at radius 2 is 2.24 bits per heavy atom. The fourth-order valence-electron chi connectivity index (χ4n) is 2.60. The third-order valence-electron chi connectivity index (χ3n) is 3.79. The minimum absolute atomic E-state index is 0.0492. The Morgan fingerprint density at radius 1 is 1.48 bits per heavy atom. The van der Waals surface area contributed by atoms with E-state index in [0.717, 1.165) is 6.07 Å². The van der Waals surface area contributed by atoms with Gasteiger partial charge in [0.15, 0.2) is 0 Å². The average molecular weight is 298 g/mol. The summed E-state index contributed by atoms with van der Waals surface area (Å²) in [7, 11) is 1.60. The van der Waals surface area contributed by atoms with Crippen LogP contribution in [0.3, 0.4) is 0 Å². The van der Waals surface area contributed by atoms with Crippen molar-refractivity contribution in [2.75, 3.05) is 20.2 Å². The van der Waals surface area contributed by atoms with Gasteiger partial charge < -0.3 is 15.4 Å². The molecule has 0 unspecified atom stereocenters. The fourth-order valence-corrected chi connectivity index (χ4v) is 2.60. The molecule has 1 fully saturated rings. The van der Waals surface area contributed by atoms with Crippen molar-refractivity contribution in [1.82, 2.24) is 10.6 Å². The first-order valence-electron chi connectivity index (χ1n) is 6.99. The van der Waals surface area contributed by atoms with Gasteiger partial charge in [0.2, 0.25) is 5.91 Å². The molecule has 2 rings (SSSR count). The number of methoxy groups -OCH3 is 1. The normalized spacial score (nSPS) is 23.0. The van der Waals surface area contributed by atoms with Crippen molar-refractivity contribution in [2.45, 2.75) is 31.4 Å². The van der Waals surface area contributed by atoms with E-state index >= 15 is 0 Å². The molecule has 1 amide bonds. The van der Waals surface area contributed by atoms with Crippen molar-refractivity contribution in [3.8, 4) is 0 Å². The molecule has 1 saturated heterocycles. The van der Waals surface area contributed by atoms with Crippen LogP contribution >= 0.6 is 0 Å². The number of halogens is 2. The number of nitrogens with one attached hydrogen (secondary N) is 2. The van der Waals surface area contributed by atoms with Gasteiger partial charge >= 0.3 is 0 Å². The summed E-state index contributed by atoms with van der Waals surface area (Å²) in [4.78, 5) is 12.0. The molecule has 21 heavy (non-hydrogen) atoms. The van der Waals surface area contributed by atoms with Crippen LogP contribution in [0.25, 0.3) is 0 Å². The minimum Gasteiger partial charge on any atom is -0.378 e. The molecule has 1 aliphatic heterocycles. The van der Waals surface area contributed by atoms with Crippen LogP contribution in [0.5, 0.6) is 0 Å². The van der Waals surface area contributed by atoms with Crippen molar-refractivity contribution in [2.24, 2.45) is 0 Å². The number of hydrogen-bond acceptors (Lipinski definition) is 3. The predicted octanol–water partition coefficient (Wildman–Crippen LogP) is 1.56. The van der Waals surface area contributed by atoms with E-state index in [9.17, 15) is 13.6 Å². The summed E-state index contributed by atoms with van der Waals surface area (Å²) in [6.45, 7) is 3.10. The summed E-state index contributed by atoms with van der Waals surface area (Å²) in [5.41, 5.74) is 0.347. The first-order valence-corrected chi connectivity index (χ1v) is 6.99. The highest BCUT2D eigenvalue weighted by Gasteiger charge is 2.28. The summed E-state index contributed by atoms with van der Waals surface area (Å²) in [5.74, 6) is -1.72. The summed E-state index contributed by atoms with van der Waals surface area (Å²) < 4.78 is 31.8. The van der Waals surface area contributed by atoms with Crippen molar-refractivity contribution >= 4 is 5.91 Å². The Morgan fingerprint density at radius 3 is 2.90 bits per heavy atom. The molecule has 1 heterocycles.